The highest BCUT2D eigenvalue weighted by atomic mass is 16.5. The summed E-state index contributed by atoms with van der Waals surface area (Å²) in [6.07, 6.45) is 0. The minimum Gasteiger partial charge on any atom is -0.487 e. The summed E-state index contributed by atoms with van der Waals surface area (Å²) in [6.45, 7) is 0.984. The van der Waals surface area contributed by atoms with Gasteiger partial charge in [-0.1, -0.05) is 91.0 Å². The minimum atomic E-state index is 0.444. The van der Waals surface area contributed by atoms with Crippen molar-refractivity contribution in [2.24, 2.45) is 10.7 Å². The van der Waals surface area contributed by atoms with Crippen LogP contribution < -0.4 is 16.2 Å². The first kappa shape index (κ1) is 22.2. The summed E-state index contributed by atoms with van der Waals surface area (Å²) in [6, 6.07) is 38.6. The van der Waals surface area contributed by atoms with Crippen LogP contribution in [0.3, 0.4) is 0 Å². The van der Waals surface area contributed by atoms with Crippen LogP contribution in [0, 0.1) is 0 Å². The highest BCUT2D eigenvalue weighted by molar-refractivity contribution is 6.07. The summed E-state index contributed by atoms with van der Waals surface area (Å²) in [4.78, 5) is 4.71. The van der Waals surface area contributed by atoms with Crippen LogP contribution >= 0.6 is 0 Å². The van der Waals surface area contributed by atoms with E-state index in [1.165, 1.54) is 0 Å². The maximum atomic E-state index is 6.55. The van der Waals surface area contributed by atoms with Crippen molar-refractivity contribution in [1.29, 1.82) is 0 Å². The number of fused-ring (bicyclic) bond motifs is 1. The van der Waals surface area contributed by atoms with Crippen LogP contribution in [0.15, 0.2) is 120 Å². The Morgan fingerprint density at radius 1 is 0.686 bits per heavy atom. The molecule has 35 heavy (non-hydrogen) atoms. The van der Waals surface area contributed by atoms with Crippen LogP contribution in [-0.4, -0.2) is 5.84 Å². The van der Waals surface area contributed by atoms with Crippen molar-refractivity contribution in [3.05, 3.63) is 132 Å². The molecule has 5 aromatic carbocycles. The number of benzene rings is 5. The van der Waals surface area contributed by atoms with Crippen molar-refractivity contribution >= 4 is 22.3 Å². The average Bonchev–Trinajstić information content (AvgIpc) is 2.91. The van der Waals surface area contributed by atoms with Crippen molar-refractivity contribution in [2.75, 3.05) is 5.73 Å². The largest absolute Gasteiger partial charge is 0.487 e. The lowest BCUT2D eigenvalue weighted by Crippen LogP contribution is -2.15. The Labute approximate surface area is 205 Å². The van der Waals surface area contributed by atoms with E-state index in [1.54, 1.807) is 0 Å². The van der Waals surface area contributed by atoms with Crippen molar-refractivity contribution in [3.63, 3.8) is 0 Å². The number of para-hydroxylation sites is 2. The Kier molecular flexibility index (Phi) is 6.44. The molecule has 4 N–H and O–H groups in total. The molecular weight excluding hydrogens is 430 g/mol. The maximum Gasteiger partial charge on any atom is 0.142 e. The van der Waals surface area contributed by atoms with E-state index in [2.05, 4.69) is 60.7 Å². The van der Waals surface area contributed by atoms with Crippen molar-refractivity contribution in [2.45, 2.75) is 13.2 Å². The predicted octanol–water partition coefficient (Wildman–Crippen LogP) is 6.57. The topological polar surface area (TPSA) is 73.6 Å². The number of ether oxygens (including phenoxy) is 1. The number of hydrogen-bond acceptors (Lipinski definition) is 3. The Morgan fingerprint density at radius 3 is 2.09 bits per heavy atom. The van der Waals surface area contributed by atoms with Crippen LogP contribution in [0.2, 0.25) is 0 Å². The molecule has 4 nitrogen and oxygen atoms in total. The van der Waals surface area contributed by atoms with Gasteiger partial charge in [0.25, 0.3) is 0 Å². The summed E-state index contributed by atoms with van der Waals surface area (Å²) >= 11 is 0. The number of rotatable bonds is 7. The lowest BCUT2D eigenvalue weighted by Gasteiger charge is -2.13. The molecule has 0 aliphatic carbocycles. The first-order valence-electron chi connectivity index (χ1n) is 11.6. The SMILES string of the molecule is N/C(=N\Cc1ccccc1)c1cc2ccccc2cc1-c1ccc(COc2ccccc2N)cc1. The monoisotopic (exact) mass is 457 g/mol. The third-order valence-electron chi connectivity index (χ3n) is 6.01. The molecule has 0 fully saturated rings. The Morgan fingerprint density at radius 2 is 1.34 bits per heavy atom. The molecule has 0 radical (unpaired) electrons. The fraction of sp³-hybridized carbons (Fsp3) is 0.0645. The molecule has 0 aliphatic rings. The zero-order chi connectivity index (χ0) is 24.0. The second-order valence-corrected chi connectivity index (χ2v) is 8.46. The fourth-order valence-corrected chi connectivity index (χ4v) is 4.09. The third kappa shape index (κ3) is 5.17. The van der Waals surface area contributed by atoms with Gasteiger partial charge in [0.05, 0.1) is 12.2 Å². The second kappa shape index (κ2) is 10.1. The summed E-state index contributed by atoms with van der Waals surface area (Å²) in [5.74, 6) is 1.22. The highest BCUT2D eigenvalue weighted by Crippen LogP contribution is 2.30. The van der Waals surface area contributed by atoms with Gasteiger partial charge in [-0.05, 0) is 57.3 Å². The molecule has 0 bridgehead atoms. The first-order valence-corrected chi connectivity index (χ1v) is 11.6. The molecule has 0 spiro atoms. The van der Waals surface area contributed by atoms with Gasteiger partial charge in [-0.25, -0.2) is 0 Å². The van der Waals surface area contributed by atoms with E-state index in [1.807, 2.05) is 54.6 Å². The fourth-order valence-electron chi connectivity index (χ4n) is 4.09. The lowest BCUT2D eigenvalue weighted by molar-refractivity contribution is 0.308. The molecule has 172 valence electrons. The number of amidine groups is 1. The van der Waals surface area contributed by atoms with E-state index in [0.717, 1.165) is 38.6 Å². The van der Waals surface area contributed by atoms with Crippen LogP contribution in [0.5, 0.6) is 5.75 Å². The highest BCUT2D eigenvalue weighted by Gasteiger charge is 2.11. The molecule has 0 heterocycles. The maximum absolute atomic E-state index is 6.55. The zero-order valence-corrected chi connectivity index (χ0v) is 19.4. The van der Waals surface area contributed by atoms with E-state index in [0.29, 0.717) is 30.4 Å². The smallest absolute Gasteiger partial charge is 0.142 e. The number of aliphatic imine (C=N–C) groups is 1. The molecule has 0 saturated heterocycles. The van der Waals surface area contributed by atoms with Gasteiger partial charge in [0.1, 0.15) is 18.2 Å². The number of nitrogens with two attached hydrogens (primary N) is 2. The molecule has 0 atom stereocenters. The Hall–Kier alpha value is -4.57. The molecule has 5 rings (SSSR count). The molecule has 0 aliphatic heterocycles. The number of anilines is 1. The van der Waals surface area contributed by atoms with Gasteiger partial charge in [0.2, 0.25) is 0 Å². The van der Waals surface area contributed by atoms with Gasteiger partial charge in [0.15, 0.2) is 0 Å². The zero-order valence-electron chi connectivity index (χ0n) is 19.4. The Balaban J connectivity index is 1.45. The first-order chi connectivity index (χ1) is 17.2. The van der Waals surface area contributed by atoms with Crippen molar-refractivity contribution in [1.82, 2.24) is 0 Å². The van der Waals surface area contributed by atoms with Crippen molar-refractivity contribution in [3.8, 4) is 16.9 Å². The van der Waals surface area contributed by atoms with Gasteiger partial charge < -0.3 is 16.2 Å². The molecule has 4 heteroatoms. The Bertz CT molecular complexity index is 1470. The van der Waals surface area contributed by atoms with Gasteiger partial charge in [-0.2, -0.15) is 0 Å². The van der Waals surface area contributed by atoms with Crippen LogP contribution in [-0.2, 0) is 13.2 Å². The van der Waals surface area contributed by atoms with Gasteiger partial charge in [0, 0.05) is 5.56 Å². The van der Waals surface area contributed by atoms with E-state index in [9.17, 15) is 0 Å². The summed E-state index contributed by atoms with van der Waals surface area (Å²) in [5, 5.41) is 2.30. The molecular formula is C31H27N3O. The molecule has 0 unspecified atom stereocenters. The van der Waals surface area contributed by atoms with Gasteiger partial charge >= 0.3 is 0 Å². The predicted molar refractivity (Wildman–Crippen MR) is 145 cm³/mol. The summed E-state index contributed by atoms with van der Waals surface area (Å²) < 4.78 is 5.90. The molecule has 0 saturated carbocycles. The van der Waals surface area contributed by atoms with Gasteiger partial charge in [-0.15, -0.1) is 0 Å². The third-order valence-corrected chi connectivity index (χ3v) is 6.01. The van der Waals surface area contributed by atoms with Crippen LogP contribution in [0.4, 0.5) is 5.69 Å². The molecule has 0 aromatic heterocycles. The standard InChI is InChI=1S/C31H27N3O/c32-29-12-6-7-13-30(29)35-21-23-14-16-24(17-15-23)27-18-25-10-4-5-11-26(25)19-28(27)31(33)34-20-22-8-2-1-3-9-22/h1-19H,20-21,32H2,(H2,33,34). The number of nitrogens with zero attached hydrogens (tertiary/aromatic N) is 1. The van der Waals surface area contributed by atoms with E-state index in [4.69, 9.17) is 21.2 Å². The average molecular weight is 458 g/mol. The summed E-state index contributed by atoms with van der Waals surface area (Å²) in [7, 11) is 0. The second-order valence-electron chi connectivity index (χ2n) is 8.46. The van der Waals surface area contributed by atoms with Crippen LogP contribution in [0.1, 0.15) is 16.7 Å². The quantitative estimate of drug-likeness (QED) is 0.165. The van der Waals surface area contributed by atoms with E-state index >= 15 is 0 Å². The normalized spacial score (nSPS) is 11.5. The van der Waals surface area contributed by atoms with E-state index < -0.39 is 0 Å². The minimum absolute atomic E-state index is 0.444. The van der Waals surface area contributed by atoms with Crippen molar-refractivity contribution < 1.29 is 4.74 Å². The molecule has 5 aromatic rings. The molecule has 0 amide bonds. The summed E-state index contributed by atoms with van der Waals surface area (Å²) in [5.41, 5.74) is 18.4. The lowest BCUT2D eigenvalue weighted by atomic mass is 9.94. The number of hydrogen-bond donors (Lipinski definition) is 2. The number of nitrogen functional groups attached to an aromatic ring is 1. The van der Waals surface area contributed by atoms with Crippen LogP contribution in [0.25, 0.3) is 21.9 Å². The van der Waals surface area contributed by atoms with Gasteiger partial charge in [-0.3, -0.25) is 4.99 Å². The van der Waals surface area contributed by atoms with E-state index in [-0.39, 0.29) is 0 Å².